The summed E-state index contributed by atoms with van der Waals surface area (Å²) in [5, 5.41) is 0. The topological polar surface area (TPSA) is 0 Å². The lowest BCUT2D eigenvalue weighted by molar-refractivity contribution is -0.0244. The molecule has 1 aliphatic carbocycles. The Balaban J connectivity index is 3.02. The Morgan fingerprint density at radius 3 is 1.11 bits per heavy atom. The van der Waals surface area contributed by atoms with Crippen molar-refractivity contribution in [1.82, 2.24) is 0 Å². The Kier molecular flexibility index (Phi) is 3.23. The maximum absolute atomic E-state index is 13.8. The first-order chi connectivity index (χ1) is 8.39. The molecule has 0 aromatic heterocycles. The predicted molar refractivity (Wildman–Crippen MR) is 58.0 cm³/mol. The highest BCUT2D eigenvalue weighted by Crippen LogP contribution is 2.68. The zero-order chi connectivity index (χ0) is 15.0. The number of hydrogen-bond acceptors (Lipinski definition) is 0. The van der Waals surface area contributed by atoms with E-state index in [0.717, 1.165) is 0 Å². The van der Waals surface area contributed by atoms with Crippen LogP contribution in [0.4, 0.5) is 26.3 Å². The van der Waals surface area contributed by atoms with Crippen molar-refractivity contribution in [1.29, 1.82) is 0 Å². The number of rotatable bonds is 0. The van der Waals surface area contributed by atoms with E-state index in [2.05, 4.69) is 0 Å². The molecule has 0 heterocycles. The van der Waals surface area contributed by atoms with E-state index in [0.29, 0.717) is 0 Å². The molecule has 10 heteroatoms. The summed E-state index contributed by atoms with van der Waals surface area (Å²) in [5.41, 5.74) is -3.05. The summed E-state index contributed by atoms with van der Waals surface area (Å²) in [6, 6.07) is 0. The zero-order valence-corrected chi connectivity index (χ0v) is 11.3. The third kappa shape index (κ3) is 1.57. The van der Waals surface area contributed by atoms with E-state index in [9.17, 15) is 26.3 Å². The average Bonchev–Trinajstić information content (AvgIpc) is 2.39. The summed E-state index contributed by atoms with van der Waals surface area (Å²) in [5.74, 6) is -13.5. The van der Waals surface area contributed by atoms with E-state index >= 15 is 0 Å². The lowest BCUT2D eigenvalue weighted by atomic mass is 10.1. The van der Waals surface area contributed by atoms with Crippen LogP contribution in [0.15, 0.2) is 0 Å². The highest BCUT2D eigenvalue weighted by molar-refractivity contribution is 6.55. The fraction of sp³-hybridized carbons (Fsp3) is 0.333. The molecule has 0 aliphatic heterocycles. The van der Waals surface area contributed by atoms with Gasteiger partial charge in [-0.3, -0.25) is 0 Å². The Labute approximate surface area is 122 Å². The quantitative estimate of drug-likeness (QED) is 0.259. The maximum Gasteiger partial charge on any atom is 0.321 e. The summed E-state index contributed by atoms with van der Waals surface area (Å²) in [7, 11) is 0. The molecule has 0 nitrogen and oxygen atoms in total. The fourth-order valence-corrected chi connectivity index (χ4v) is 3.20. The van der Waals surface area contributed by atoms with Crippen molar-refractivity contribution in [2.24, 2.45) is 0 Å². The predicted octanol–water partition coefficient (Wildman–Crippen LogP) is 5.15. The van der Waals surface area contributed by atoms with Crippen LogP contribution in [0.3, 0.4) is 0 Å². The molecule has 1 aromatic carbocycles. The molecule has 0 unspecified atom stereocenters. The molecular formula is C9Cl4F6. The lowest BCUT2D eigenvalue weighted by Gasteiger charge is -2.28. The standard InChI is InChI=1S/C9Cl4F6/c10-7(11)1-2(8(12,13)9(7,18)19)4(15)6(17)5(16)3(1)14. The summed E-state index contributed by atoms with van der Waals surface area (Å²) >= 11 is 20.9. The van der Waals surface area contributed by atoms with E-state index in [-0.39, 0.29) is 0 Å². The van der Waals surface area contributed by atoms with Crippen LogP contribution < -0.4 is 0 Å². The van der Waals surface area contributed by atoms with Gasteiger partial charge in [-0.1, -0.05) is 46.4 Å². The Hall–Kier alpha value is -0.0400. The van der Waals surface area contributed by atoms with E-state index in [1.54, 1.807) is 0 Å². The zero-order valence-electron chi connectivity index (χ0n) is 8.28. The summed E-state index contributed by atoms with van der Waals surface area (Å²) in [4.78, 5) is 0. The van der Waals surface area contributed by atoms with Crippen LogP contribution in [0, 0.1) is 23.3 Å². The van der Waals surface area contributed by atoms with Gasteiger partial charge in [-0.05, 0) is 0 Å². The van der Waals surface area contributed by atoms with Gasteiger partial charge in [-0.2, -0.15) is 8.78 Å². The van der Waals surface area contributed by atoms with Gasteiger partial charge in [0.1, 0.15) is 0 Å². The van der Waals surface area contributed by atoms with Gasteiger partial charge in [0, 0.05) is 11.1 Å². The van der Waals surface area contributed by atoms with Crippen molar-refractivity contribution in [3.8, 4) is 0 Å². The van der Waals surface area contributed by atoms with E-state index in [4.69, 9.17) is 46.4 Å². The molecule has 0 atom stereocenters. The molecule has 0 saturated carbocycles. The monoisotopic (exact) mass is 362 g/mol. The van der Waals surface area contributed by atoms with Crippen LogP contribution in [0.1, 0.15) is 11.1 Å². The van der Waals surface area contributed by atoms with Crippen molar-refractivity contribution >= 4 is 46.4 Å². The number of alkyl halides is 6. The number of benzene rings is 1. The smallest absolute Gasteiger partial charge is 0.203 e. The van der Waals surface area contributed by atoms with Gasteiger partial charge in [-0.25, -0.2) is 17.6 Å². The van der Waals surface area contributed by atoms with Gasteiger partial charge in [0.05, 0.1) is 0 Å². The second-order valence-corrected chi connectivity index (χ2v) is 6.38. The molecule has 2 rings (SSSR count). The van der Waals surface area contributed by atoms with Crippen molar-refractivity contribution in [2.45, 2.75) is 14.6 Å². The van der Waals surface area contributed by atoms with Crippen LogP contribution >= 0.6 is 46.4 Å². The third-order valence-corrected chi connectivity index (χ3v) is 4.39. The molecule has 1 aromatic rings. The molecule has 0 bridgehead atoms. The summed E-state index contributed by atoms with van der Waals surface area (Å²) in [6.07, 6.45) is 0. The minimum Gasteiger partial charge on any atom is -0.203 e. The molecule has 0 saturated heterocycles. The number of halogens is 10. The fourth-order valence-electron chi connectivity index (χ4n) is 1.73. The van der Waals surface area contributed by atoms with Gasteiger partial charge >= 0.3 is 5.92 Å². The minimum atomic E-state index is -4.49. The van der Waals surface area contributed by atoms with Crippen molar-refractivity contribution in [3.63, 3.8) is 0 Å². The lowest BCUT2D eigenvalue weighted by Crippen LogP contribution is -2.41. The van der Waals surface area contributed by atoms with Gasteiger partial charge in [-0.15, -0.1) is 0 Å². The second-order valence-electron chi connectivity index (χ2n) is 3.73. The molecule has 19 heavy (non-hydrogen) atoms. The molecular weight excluding hydrogens is 364 g/mol. The minimum absolute atomic E-state index is 1.53. The molecule has 0 radical (unpaired) electrons. The number of fused-ring (bicyclic) bond motifs is 1. The van der Waals surface area contributed by atoms with Crippen LogP contribution in [0.25, 0.3) is 0 Å². The van der Waals surface area contributed by atoms with Gasteiger partial charge in [0.25, 0.3) is 0 Å². The first-order valence-electron chi connectivity index (χ1n) is 4.39. The molecule has 106 valence electrons. The highest BCUT2D eigenvalue weighted by atomic mass is 35.5. The highest BCUT2D eigenvalue weighted by Gasteiger charge is 2.75. The average molecular weight is 364 g/mol. The number of hydrogen-bond donors (Lipinski definition) is 0. The van der Waals surface area contributed by atoms with Crippen LogP contribution in [0.2, 0.25) is 0 Å². The van der Waals surface area contributed by atoms with Crippen LogP contribution in [0.5, 0.6) is 0 Å². The van der Waals surface area contributed by atoms with Crippen molar-refractivity contribution in [2.75, 3.05) is 0 Å². The van der Waals surface area contributed by atoms with Gasteiger partial charge in [0.15, 0.2) is 23.3 Å². The van der Waals surface area contributed by atoms with E-state index in [1.807, 2.05) is 0 Å². The molecule has 0 fully saturated rings. The first kappa shape index (κ1) is 15.4. The van der Waals surface area contributed by atoms with Gasteiger partial charge in [0.2, 0.25) is 8.67 Å². The Morgan fingerprint density at radius 2 is 0.842 bits per heavy atom. The summed E-state index contributed by atoms with van der Waals surface area (Å²) in [6.45, 7) is 0. The van der Waals surface area contributed by atoms with Crippen LogP contribution in [-0.4, -0.2) is 5.92 Å². The van der Waals surface area contributed by atoms with Gasteiger partial charge < -0.3 is 0 Å². The molecule has 1 aliphatic rings. The first-order valence-corrected chi connectivity index (χ1v) is 5.90. The van der Waals surface area contributed by atoms with E-state index < -0.39 is 49.0 Å². The maximum atomic E-state index is 13.8. The second kappa shape index (κ2) is 4.00. The molecule has 0 spiro atoms. The largest absolute Gasteiger partial charge is 0.321 e. The summed E-state index contributed by atoms with van der Waals surface area (Å²) < 4.78 is 73.9. The SMILES string of the molecule is Fc1c(F)c(F)c2c(c1F)C(Cl)(Cl)C(F)(F)C2(Cl)Cl. The van der Waals surface area contributed by atoms with Crippen molar-refractivity contribution in [3.05, 3.63) is 34.4 Å². The van der Waals surface area contributed by atoms with E-state index in [1.165, 1.54) is 0 Å². The Morgan fingerprint density at radius 1 is 0.579 bits per heavy atom. The third-order valence-electron chi connectivity index (χ3n) is 2.68. The van der Waals surface area contributed by atoms with Crippen LogP contribution in [-0.2, 0) is 8.67 Å². The molecule has 0 amide bonds. The molecule has 0 N–H and O–H groups in total. The Bertz CT molecular complexity index is 534. The normalized spacial score (nSPS) is 22.4. The van der Waals surface area contributed by atoms with Crippen molar-refractivity contribution < 1.29 is 26.3 Å².